The van der Waals surface area contributed by atoms with Crippen LogP contribution in [0, 0.1) is 5.92 Å². The zero-order valence-corrected chi connectivity index (χ0v) is 16.6. The van der Waals surface area contributed by atoms with Crippen molar-refractivity contribution in [2.24, 2.45) is 5.92 Å². The molecule has 2 saturated heterocycles. The van der Waals surface area contributed by atoms with Gasteiger partial charge in [-0.3, -0.25) is 14.7 Å². The summed E-state index contributed by atoms with van der Waals surface area (Å²) in [6, 6.07) is 9.24. The van der Waals surface area contributed by atoms with Crippen LogP contribution in [0.1, 0.15) is 44.0 Å². The van der Waals surface area contributed by atoms with Crippen molar-refractivity contribution in [1.29, 1.82) is 0 Å². The topological polar surface area (TPSA) is 68.7 Å². The second kappa shape index (κ2) is 7.17. The highest BCUT2D eigenvalue weighted by Crippen LogP contribution is 2.35. The highest BCUT2D eigenvalue weighted by Gasteiger charge is 2.45. The van der Waals surface area contributed by atoms with Gasteiger partial charge in [-0.2, -0.15) is 0 Å². The number of ketones is 1. The molecule has 4 rings (SSSR count). The Bertz CT molecular complexity index is 886. The molecule has 0 aliphatic carbocycles. The van der Waals surface area contributed by atoms with Gasteiger partial charge in [-0.1, -0.05) is 18.2 Å². The number of amides is 1. The lowest BCUT2D eigenvalue weighted by molar-refractivity contribution is -0.0861. The van der Waals surface area contributed by atoms with Crippen LogP contribution < -0.4 is 0 Å². The first-order chi connectivity index (χ1) is 13.3. The molecule has 0 spiro atoms. The quantitative estimate of drug-likeness (QED) is 0.739. The number of morpholine rings is 1. The van der Waals surface area contributed by atoms with Crippen molar-refractivity contribution in [2.45, 2.75) is 51.3 Å². The number of carbonyl (C=O) groups excluding carboxylic acids is 2. The van der Waals surface area contributed by atoms with Gasteiger partial charge in [0, 0.05) is 23.1 Å². The number of carbonyl (C=O) groups is 2. The number of Topliss-reactive ketones (excluding diaryl/α,β-unsaturated/α-hetero) is 1. The Morgan fingerprint density at radius 2 is 1.79 bits per heavy atom. The number of rotatable bonds is 2. The van der Waals surface area contributed by atoms with Crippen LogP contribution in [-0.4, -0.2) is 52.7 Å². The average molecular weight is 382 g/mol. The third kappa shape index (κ3) is 3.61. The molecule has 2 aliphatic heterocycles. The minimum atomic E-state index is -0.547. The Hall–Kier alpha value is -2.47. The fraction of sp³-hybridized carbons (Fsp3) is 0.500. The predicted molar refractivity (Wildman–Crippen MR) is 105 cm³/mol. The molecule has 0 saturated carbocycles. The van der Waals surface area contributed by atoms with Crippen molar-refractivity contribution in [1.82, 2.24) is 9.88 Å². The van der Waals surface area contributed by atoms with Crippen LogP contribution in [0.4, 0.5) is 4.79 Å². The van der Waals surface area contributed by atoms with Crippen LogP contribution in [0.5, 0.6) is 0 Å². The lowest BCUT2D eigenvalue weighted by Crippen LogP contribution is -2.60. The first-order valence-corrected chi connectivity index (χ1v) is 9.80. The first-order valence-electron chi connectivity index (χ1n) is 9.80. The number of nitrogens with zero attached hydrogens (tertiary/aromatic N) is 2. The van der Waals surface area contributed by atoms with Crippen molar-refractivity contribution >= 4 is 22.8 Å². The molecule has 0 radical (unpaired) electrons. The highest BCUT2D eigenvalue weighted by molar-refractivity contribution is 6.08. The largest absolute Gasteiger partial charge is 0.444 e. The molecular weight excluding hydrogens is 356 g/mol. The lowest BCUT2D eigenvalue weighted by atomic mass is 9.80. The maximum atomic E-state index is 13.3. The molecule has 1 aromatic heterocycles. The van der Waals surface area contributed by atoms with Gasteiger partial charge in [-0.15, -0.1) is 0 Å². The van der Waals surface area contributed by atoms with Gasteiger partial charge in [0.1, 0.15) is 5.60 Å². The smallest absolute Gasteiger partial charge is 0.410 e. The molecule has 1 aromatic carbocycles. The van der Waals surface area contributed by atoms with Gasteiger partial charge in [0.25, 0.3) is 0 Å². The number of piperidine rings is 1. The molecule has 0 N–H and O–H groups in total. The Balaban J connectivity index is 1.57. The number of pyridine rings is 1. The minimum Gasteiger partial charge on any atom is -0.444 e. The molecule has 6 nitrogen and oxygen atoms in total. The van der Waals surface area contributed by atoms with Crippen LogP contribution in [0.15, 0.2) is 36.5 Å². The summed E-state index contributed by atoms with van der Waals surface area (Å²) in [5.41, 5.74) is 0.984. The van der Waals surface area contributed by atoms with Gasteiger partial charge in [0.2, 0.25) is 0 Å². The van der Waals surface area contributed by atoms with E-state index in [-0.39, 0.29) is 29.9 Å². The second-order valence-corrected chi connectivity index (χ2v) is 8.64. The molecule has 28 heavy (non-hydrogen) atoms. The van der Waals surface area contributed by atoms with Gasteiger partial charge < -0.3 is 9.47 Å². The molecule has 2 aliphatic rings. The third-order valence-corrected chi connectivity index (χ3v) is 5.41. The molecule has 1 amide bonds. The number of aromatic nitrogens is 1. The molecule has 2 fully saturated rings. The molecule has 3 heterocycles. The van der Waals surface area contributed by atoms with Gasteiger partial charge in [-0.25, -0.2) is 4.79 Å². The molecule has 6 heteroatoms. The summed E-state index contributed by atoms with van der Waals surface area (Å²) >= 11 is 0. The van der Waals surface area contributed by atoms with Crippen molar-refractivity contribution in [2.75, 3.05) is 13.2 Å². The third-order valence-electron chi connectivity index (χ3n) is 5.41. The summed E-state index contributed by atoms with van der Waals surface area (Å²) in [5.74, 6) is -0.0114. The lowest BCUT2D eigenvalue weighted by Gasteiger charge is -2.47. The van der Waals surface area contributed by atoms with Crippen LogP contribution in [0.25, 0.3) is 10.9 Å². The Labute approximate surface area is 164 Å². The maximum Gasteiger partial charge on any atom is 0.410 e. The normalized spacial score (nSPS) is 24.8. The minimum absolute atomic E-state index is 0.124. The van der Waals surface area contributed by atoms with Crippen LogP contribution in [0.3, 0.4) is 0 Å². The number of para-hydroxylation sites is 1. The molecule has 2 aromatic rings. The Kier molecular flexibility index (Phi) is 4.83. The van der Waals surface area contributed by atoms with E-state index in [1.54, 1.807) is 17.2 Å². The first kappa shape index (κ1) is 18.9. The summed E-state index contributed by atoms with van der Waals surface area (Å²) in [4.78, 5) is 32.2. The molecule has 2 bridgehead atoms. The van der Waals surface area contributed by atoms with Gasteiger partial charge >= 0.3 is 6.09 Å². The Morgan fingerprint density at radius 1 is 1.11 bits per heavy atom. The van der Waals surface area contributed by atoms with E-state index in [9.17, 15) is 9.59 Å². The molecule has 2 atom stereocenters. The van der Waals surface area contributed by atoms with E-state index in [1.807, 2.05) is 45.0 Å². The van der Waals surface area contributed by atoms with E-state index >= 15 is 0 Å². The SMILES string of the molecule is CC(C)(C)OC(=O)N1C2COCC1CC(C(=O)c1ccnc3ccccc13)C2. The van der Waals surface area contributed by atoms with Crippen molar-refractivity contribution < 1.29 is 19.1 Å². The number of ether oxygens (including phenoxy) is 2. The van der Waals surface area contributed by atoms with Gasteiger partial charge in [0.15, 0.2) is 5.78 Å². The average Bonchev–Trinajstić information content (AvgIpc) is 2.64. The van der Waals surface area contributed by atoms with Crippen molar-refractivity contribution in [3.05, 3.63) is 42.1 Å². The maximum absolute atomic E-state index is 13.3. The fourth-order valence-corrected chi connectivity index (χ4v) is 4.27. The standard InChI is InChI=1S/C22H26N2O4/c1-22(2,3)28-21(26)24-15-10-14(11-16(24)13-27-12-15)20(25)18-8-9-23-19-7-5-4-6-17(18)19/h4-9,14-16H,10-13H2,1-3H3. The van der Waals surface area contributed by atoms with E-state index in [0.29, 0.717) is 31.6 Å². The summed E-state index contributed by atoms with van der Waals surface area (Å²) in [6.07, 6.45) is 2.55. The van der Waals surface area contributed by atoms with Crippen molar-refractivity contribution in [3.63, 3.8) is 0 Å². The fourth-order valence-electron chi connectivity index (χ4n) is 4.27. The molecule has 148 valence electrons. The van der Waals surface area contributed by atoms with Gasteiger partial charge in [0.05, 0.1) is 30.8 Å². The van der Waals surface area contributed by atoms with E-state index in [2.05, 4.69) is 4.98 Å². The zero-order chi connectivity index (χ0) is 19.9. The predicted octanol–water partition coefficient (Wildman–Crippen LogP) is 3.83. The number of fused-ring (bicyclic) bond motifs is 3. The van der Waals surface area contributed by atoms with E-state index in [4.69, 9.17) is 9.47 Å². The number of hydrogen-bond acceptors (Lipinski definition) is 5. The zero-order valence-electron chi connectivity index (χ0n) is 16.6. The summed E-state index contributed by atoms with van der Waals surface area (Å²) in [7, 11) is 0. The Morgan fingerprint density at radius 3 is 2.46 bits per heavy atom. The van der Waals surface area contributed by atoms with E-state index < -0.39 is 5.60 Å². The molecular formula is C22H26N2O4. The van der Waals surface area contributed by atoms with E-state index in [1.165, 1.54) is 0 Å². The summed E-state index contributed by atoms with van der Waals surface area (Å²) in [6.45, 7) is 6.47. The second-order valence-electron chi connectivity index (χ2n) is 8.64. The number of hydrogen-bond donors (Lipinski definition) is 0. The molecule has 2 unspecified atom stereocenters. The monoisotopic (exact) mass is 382 g/mol. The number of benzene rings is 1. The van der Waals surface area contributed by atoms with Gasteiger partial charge in [-0.05, 0) is 45.7 Å². The van der Waals surface area contributed by atoms with Crippen LogP contribution in [-0.2, 0) is 9.47 Å². The van der Waals surface area contributed by atoms with Crippen LogP contribution in [0.2, 0.25) is 0 Å². The van der Waals surface area contributed by atoms with Crippen molar-refractivity contribution in [3.8, 4) is 0 Å². The summed E-state index contributed by atoms with van der Waals surface area (Å²) < 4.78 is 11.3. The highest BCUT2D eigenvalue weighted by atomic mass is 16.6. The summed E-state index contributed by atoms with van der Waals surface area (Å²) in [5, 5.41) is 0.881. The van der Waals surface area contributed by atoms with Crippen LogP contribution >= 0.6 is 0 Å². The van der Waals surface area contributed by atoms with E-state index in [0.717, 1.165) is 10.9 Å².